The summed E-state index contributed by atoms with van der Waals surface area (Å²) in [4.78, 5) is 13.9. The van der Waals surface area contributed by atoms with Gasteiger partial charge in [-0.3, -0.25) is 4.79 Å². The van der Waals surface area contributed by atoms with E-state index in [0.717, 1.165) is 0 Å². The number of sulfone groups is 1. The first kappa shape index (κ1) is 15.0. The van der Waals surface area contributed by atoms with Gasteiger partial charge >= 0.3 is 0 Å². The zero-order chi connectivity index (χ0) is 15.0. The van der Waals surface area contributed by atoms with Crippen molar-refractivity contribution in [2.75, 3.05) is 24.6 Å². The molecule has 0 aromatic heterocycles. The predicted molar refractivity (Wildman–Crippen MR) is 79.7 cm³/mol. The van der Waals surface area contributed by atoms with Crippen LogP contribution in [-0.4, -0.2) is 43.8 Å². The van der Waals surface area contributed by atoms with Crippen LogP contribution in [-0.2, 0) is 15.3 Å². The molecule has 1 saturated heterocycles. The molecular formula is C15H21NO3S. The first-order valence-corrected chi connectivity index (χ1v) is 8.61. The van der Waals surface area contributed by atoms with Gasteiger partial charge in [-0.25, -0.2) is 8.42 Å². The van der Waals surface area contributed by atoms with Crippen molar-refractivity contribution in [2.45, 2.75) is 26.2 Å². The summed E-state index contributed by atoms with van der Waals surface area (Å²) < 4.78 is 22.7. The summed E-state index contributed by atoms with van der Waals surface area (Å²) in [5.41, 5.74) is 1.86. The third kappa shape index (κ3) is 3.39. The fourth-order valence-corrected chi connectivity index (χ4v) is 3.41. The van der Waals surface area contributed by atoms with Crippen LogP contribution >= 0.6 is 0 Å². The Kier molecular flexibility index (Phi) is 3.91. The molecule has 4 nitrogen and oxygen atoms in total. The zero-order valence-corrected chi connectivity index (χ0v) is 13.0. The molecule has 1 aromatic rings. The van der Waals surface area contributed by atoms with Gasteiger partial charge in [-0.1, -0.05) is 32.9 Å². The smallest absolute Gasteiger partial charge is 0.253 e. The zero-order valence-electron chi connectivity index (χ0n) is 12.2. The van der Waals surface area contributed by atoms with Gasteiger partial charge in [0.25, 0.3) is 5.91 Å². The molecule has 5 heteroatoms. The Morgan fingerprint density at radius 3 is 2.00 bits per heavy atom. The number of carbonyl (C=O) groups excluding carboxylic acids is 1. The topological polar surface area (TPSA) is 54.5 Å². The van der Waals surface area contributed by atoms with E-state index < -0.39 is 9.84 Å². The van der Waals surface area contributed by atoms with Crippen LogP contribution in [0.3, 0.4) is 0 Å². The molecule has 2 rings (SSSR count). The molecule has 1 amide bonds. The minimum absolute atomic E-state index is 0.0563. The van der Waals surface area contributed by atoms with E-state index in [4.69, 9.17) is 0 Å². The van der Waals surface area contributed by atoms with Crippen LogP contribution in [0.15, 0.2) is 24.3 Å². The van der Waals surface area contributed by atoms with E-state index in [1.165, 1.54) is 5.56 Å². The van der Waals surface area contributed by atoms with E-state index in [-0.39, 0.29) is 22.8 Å². The second-order valence-electron chi connectivity index (χ2n) is 6.27. The lowest BCUT2D eigenvalue weighted by atomic mass is 9.86. The van der Waals surface area contributed by atoms with Crippen molar-refractivity contribution in [2.24, 2.45) is 0 Å². The van der Waals surface area contributed by atoms with Gasteiger partial charge in [-0.2, -0.15) is 0 Å². The van der Waals surface area contributed by atoms with Gasteiger partial charge in [0.2, 0.25) is 0 Å². The van der Waals surface area contributed by atoms with Crippen molar-refractivity contribution in [1.82, 2.24) is 4.90 Å². The van der Waals surface area contributed by atoms with Crippen LogP contribution in [0.2, 0.25) is 0 Å². The third-order valence-corrected chi connectivity index (χ3v) is 5.24. The Labute approximate surface area is 120 Å². The summed E-state index contributed by atoms with van der Waals surface area (Å²) >= 11 is 0. The molecule has 20 heavy (non-hydrogen) atoms. The average Bonchev–Trinajstić information content (AvgIpc) is 2.37. The highest BCUT2D eigenvalue weighted by atomic mass is 32.2. The van der Waals surface area contributed by atoms with Gasteiger partial charge in [0.05, 0.1) is 11.5 Å². The van der Waals surface area contributed by atoms with Gasteiger partial charge < -0.3 is 4.90 Å². The second kappa shape index (κ2) is 5.20. The van der Waals surface area contributed by atoms with Gasteiger partial charge in [-0.05, 0) is 23.1 Å². The standard InChI is InChI=1S/C15H21NO3S/c1-15(2,3)13-6-4-12(5-7-13)14(17)16-8-10-20(18,19)11-9-16/h4-7H,8-11H2,1-3H3. The van der Waals surface area contributed by atoms with E-state index in [0.29, 0.717) is 18.7 Å². The van der Waals surface area contributed by atoms with E-state index in [1.54, 1.807) is 4.90 Å². The lowest BCUT2D eigenvalue weighted by Crippen LogP contribution is -2.43. The van der Waals surface area contributed by atoms with Crippen LogP contribution in [0.1, 0.15) is 36.7 Å². The maximum Gasteiger partial charge on any atom is 0.253 e. The largest absolute Gasteiger partial charge is 0.337 e. The maximum atomic E-state index is 12.3. The molecule has 0 radical (unpaired) electrons. The van der Waals surface area contributed by atoms with Gasteiger partial charge in [0.1, 0.15) is 0 Å². The number of nitrogens with zero attached hydrogens (tertiary/aromatic N) is 1. The van der Waals surface area contributed by atoms with Crippen LogP contribution in [0.5, 0.6) is 0 Å². The van der Waals surface area contributed by atoms with E-state index >= 15 is 0 Å². The normalized spacial score (nSPS) is 18.9. The lowest BCUT2D eigenvalue weighted by Gasteiger charge is -2.27. The molecule has 0 atom stereocenters. The lowest BCUT2D eigenvalue weighted by molar-refractivity contribution is 0.0770. The number of carbonyl (C=O) groups is 1. The molecule has 110 valence electrons. The molecular weight excluding hydrogens is 274 g/mol. The van der Waals surface area contributed by atoms with Gasteiger partial charge in [-0.15, -0.1) is 0 Å². The van der Waals surface area contributed by atoms with Crippen molar-refractivity contribution in [3.8, 4) is 0 Å². The molecule has 0 aliphatic carbocycles. The van der Waals surface area contributed by atoms with E-state index in [2.05, 4.69) is 20.8 Å². The Hall–Kier alpha value is -1.36. The van der Waals surface area contributed by atoms with Crippen LogP contribution < -0.4 is 0 Å². The van der Waals surface area contributed by atoms with Crippen molar-refractivity contribution in [1.29, 1.82) is 0 Å². The molecule has 0 bridgehead atoms. The van der Waals surface area contributed by atoms with Gasteiger partial charge in [0.15, 0.2) is 9.84 Å². The minimum Gasteiger partial charge on any atom is -0.337 e. The van der Waals surface area contributed by atoms with Crippen molar-refractivity contribution >= 4 is 15.7 Å². The number of hydrogen-bond donors (Lipinski definition) is 0. The molecule has 1 heterocycles. The Morgan fingerprint density at radius 1 is 1.05 bits per heavy atom. The highest BCUT2D eigenvalue weighted by Crippen LogP contribution is 2.22. The molecule has 1 fully saturated rings. The summed E-state index contributed by atoms with van der Waals surface area (Å²) in [6, 6.07) is 7.58. The fraction of sp³-hybridized carbons (Fsp3) is 0.533. The van der Waals surface area contributed by atoms with Crippen LogP contribution in [0.25, 0.3) is 0 Å². The summed E-state index contributed by atoms with van der Waals surface area (Å²) in [5, 5.41) is 0. The SMILES string of the molecule is CC(C)(C)c1ccc(C(=O)N2CCS(=O)(=O)CC2)cc1. The number of benzene rings is 1. The van der Waals surface area contributed by atoms with E-state index in [9.17, 15) is 13.2 Å². The first-order chi connectivity index (χ1) is 9.19. The van der Waals surface area contributed by atoms with E-state index in [1.807, 2.05) is 24.3 Å². The number of amides is 1. The first-order valence-electron chi connectivity index (χ1n) is 6.79. The molecule has 0 N–H and O–H groups in total. The highest BCUT2D eigenvalue weighted by molar-refractivity contribution is 7.91. The predicted octanol–water partition coefficient (Wildman–Crippen LogP) is 1.85. The summed E-state index contributed by atoms with van der Waals surface area (Å²) in [6.07, 6.45) is 0. The summed E-state index contributed by atoms with van der Waals surface area (Å²) in [6.45, 7) is 6.96. The molecule has 0 unspecified atom stereocenters. The molecule has 0 saturated carbocycles. The molecule has 1 aromatic carbocycles. The summed E-state index contributed by atoms with van der Waals surface area (Å²) in [7, 11) is -2.95. The summed E-state index contributed by atoms with van der Waals surface area (Å²) in [5.74, 6) is 0.0535. The Balaban J connectivity index is 2.11. The fourth-order valence-electron chi connectivity index (χ4n) is 2.21. The molecule has 1 aliphatic rings. The average molecular weight is 295 g/mol. The maximum absolute atomic E-state index is 12.3. The third-order valence-electron chi connectivity index (χ3n) is 3.63. The van der Waals surface area contributed by atoms with Crippen molar-refractivity contribution in [3.05, 3.63) is 35.4 Å². The Morgan fingerprint density at radius 2 is 1.55 bits per heavy atom. The number of rotatable bonds is 1. The van der Waals surface area contributed by atoms with Crippen LogP contribution in [0, 0.1) is 0 Å². The van der Waals surface area contributed by atoms with Crippen molar-refractivity contribution < 1.29 is 13.2 Å². The Bertz CT molecular complexity index is 583. The highest BCUT2D eigenvalue weighted by Gasteiger charge is 2.25. The minimum atomic E-state index is -2.95. The van der Waals surface area contributed by atoms with Crippen LogP contribution in [0.4, 0.5) is 0 Å². The second-order valence-corrected chi connectivity index (χ2v) is 8.58. The molecule has 1 aliphatic heterocycles. The van der Waals surface area contributed by atoms with Gasteiger partial charge in [0, 0.05) is 18.7 Å². The quantitative estimate of drug-likeness (QED) is 0.794. The monoisotopic (exact) mass is 295 g/mol. The number of hydrogen-bond acceptors (Lipinski definition) is 3. The molecule has 0 spiro atoms. The van der Waals surface area contributed by atoms with Crippen molar-refractivity contribution in [3.63, 3.8) is 0 Å².